The molecule has 0 spiro atoms. The molecule has 0 saturated carbocycles. The van der Waals surface area contributed by atoms with Gasteiger partial charge in [-0.2, -0.15) is 5.10 Å². The van der Waals surface area contributed by atoms with Gasteiger partial charge in [-0.25, -0.2) is 4.68 Å². The highest BCUT2D eigenvalue weighted by Crippen LogP contribution is 2.24. The fourth-order valence-electron chi connectivity index (χ4n) is 1.81. The number of carbonyl (C=O) groups excluding carboxylic acids is 1. The van der Waals surface area contributed by atoms with Gasteiger partial charge in [-0.05, 0) is 36.8 Å². The van der Waals surface area contributed by atoms with Crippen LogP contribution in [0, 0.1) is 0 Å². The van der Waals surface area contributed by atoms with Gasteiger partial charge in [-0.1, -0.05) is 15.9 Å². The maximum absolute atomic E-state index is 11.5. The molecule has 0 fully saturated rings. The summed E-state index contributed by atoms with van der Waals surface area (Å²) in [5, 5.41) is 6.80. The number of benzene rings is 1. The molecule has 0 saturated heterocycles. The van der Waals surface area contributed by atoms with Gasteiger partial charge in [-0.15, -0.1) is 0 Å². The molecule has 0 aliphatic carbocycles. The molecule has 1 atom stereocenters. The van der Waals surface area contributed by atoms with E-state index in [4.69, 9.17) is 5.73 Å². The van der Waals surface area contributed by atoms with Crippen molar-refractivity contribution in [2.24, 2.45) is 5.73 Å². The monoisotopic (exact) mass is 322 g/mol. The summed E-state index contributed by atoms with van der Waals surface area (Å²) in [6.45, 7) is 1.91. The molecule has 1 heterocycles. The normalized spacial score (nSPS) is 12.2. The number of halogens is 1. The lowest BCUT2D eigenvalue weighted by Crippen LogP contribution is -2.18. The van der Waals surface area contributed by atoms with Gasteiger partial charge in [0.1, 0.15) is 0 Å². The Hall–Kier alpha value is -1.66. The largest absolute Gasteiger partial charge is 0.354 e. The Labute approximate surface area is 119 Å². The van der Waals surface area contributed by atoms with Crippen molar-refractivity contribution in [2.45, 2.75) is 13.0 Å². The Balaban J connectivity index is 2.47. The van der Waals surface area contributed by atoms with E-state index in [1.165, 1.54) is 0 Å². The molecule has 19 heavy (non-hydrogen) atoms. The van der Waals surface area contributed by atoms with Gasteiger partial charge in [0.2, 0.25) is 0 Å². The average molecular weight is 323 g/mol. The molecule has 100 valence electrons. The minimum atomic E-state index is -0.210. The summed E-state index contributed by atoms with van der Waals surface area (Å²) >= 11 is 3.43. The molecule has 0 radical (unpaired) electrons. The molecule has 2 rings (SSSR count). The van der Waals surface area contributed by atoms with Crippen molar-refractivity contribution >= 4 is 21.8 Å². The minimum absolute atomic E-state index is 0.125. The summed E-state index contributed by atoms with van der Waals surface area (Å²) in [6.07, 6.45) is 1.75. The highest BCUT2D eigenvalue weighted by atomic mass is 79.9. The molecular formula is C13H15BrN4O. The second-order valence-electron chi connectivity index (χ2n) is 4.22. The summed E-state index contributed by atoms with van der Waals surface area (Å²) < 4.78 is 2.62. The molecule has 1 amide bonds. The fourth-order valence-corrected chi connectivity index (χ4v) is 2.18. The summed E-state index contributed by atoms with van der Waals surface area (Å²) in [6, 6.07) is 7.35. The Kier molecular flexibility index (Phi) is 4.01. The van der Waals surface area contributed by atoms with Crippen LogP contribution < -0.4 is 11.1 Å². The zero-order valence-corrected chi connectivity index (χ0v) is 12.3. The summed E-state index contributed by atoms with van der Waals surface area (Å²) in [7, 11) is 1.58. The third kappa shape index (κ3) is 2.85. The van der Waals surface area contributed by atoms with Gasteiger partial charge in [-0.3, -0.25) is 4.79 Å². The summed E-state index contributed by atoms with van der Waals surface area (Å²) in [5.74, 6) is -0.210. The van der Waals surface area contributed by atoms with E-state index in [-0.39, 0.29) is 11.9 Å². The standard InChI is InChI=1S/C13H15BrN4O/c1-8(15)10-7-9(14)3-4-12(10)18-6-5-11(17-18)13(19)16-2/h3-8H,15H2,1-2H3,(H,16,19). The maximum Gasteiger partial charge on any atom is 0.271 e. The number of aromatic nitrogens is 2. The lowest BCUT2D eigenvalue weighted by Gasteiger charge is -2.13. The van der Waals surface area contributed by atoms with E-state index < -0.39 is 0 Å². The van der Waals surface area contributed by atoms with Crippen LogP contribution in [0.15, 0.2) is 34.9 Å². The molecule has 5 nitrogen and oxygen atoms in total. The van der Waals surface area contributed by atoms with Crippen LogP contribution in [-0.2, 0) is 0 Å². The number of amides is 1. The SMILES string of the molecule is CNC(=O)c1ccn(-c2ccc(Br)cc2C(C)N)n1. The fraction of sp³-hybridized carbons (Fsp3) is 0.231. The first kappa shape index (κ1) is 13.8. The second kappa shape index (κ2) is 5.54. The van der Waals surface area contributed by atoms with E-state index in [0.717, 1.165) is 15.7 Å². The van der Waals surface area contributed by atoms with Gasteiger partial charge in [0, 0.05) is 23.8 Å². The molecule has 1 aromatic carbocycles. The van der Waals surface area contributed by atoms with E-state index in [9.17, 15) is 4.79 Å². The van der Waals surface area contributed by atoms with Crippen molar-refractivity contribution < 1.29 is 4.79 Å². The van der Waals surface area contributed by atoms with Crippen molar-refractivity contribution in [3.8, 4) is 5.69 Å². The van der Waals surface area contributed by atoms with E-state index in [1.54, 1.807) is 24.0 Å². The maximum atomic E-state index is 11.5. The molecule has 3 N–H and O–H groups in total. The van der Waals surface area contributed by atoms with Crippen molar-refractivity contribution in [3.63, 3.8) is 0 Å². The van der Waals surface area contributed by atoms with Gasteiger partial charge >= 0.3 is 0 Å². The molecular weight excluding hydrogens is 308 g/mol. The Morgan fingerprint density at radius 3 is 2.84 bits per heavy atom. The van der Waals surface area contributed by atoms with Crippen LogP contribution in [0.2, 0.25) is 0 Å². The lowest BCUT2D eigenvalue weighted by molar-refractivity contribution is 0.0957. The number of hydrogen-bond donors (Lipinski definition) is 2. The number of nitrogens with one attached hydrogen (secondary N) is 1. The quantitative estimate of drug-likeness (QED) is 0.907. The van der Waals surface area contributed by atoms with Crippen LogP contribution in [-0.4, -0.2) is 22.7 Å². The Morgan fingerprint density at radius 1 is 1.47 bits per heavy atom. The zero-order valence-electron chi connectivity index (χ0n) is 10.7. The Bertz CT molecular complexity index is 606. The predicted octanol–water partition coefficient (Wildman–Crippen LogP) is 2.01. The molecule has 1 unspecified atom stereocenters. The summed E-state index contributed by atoms with van der Waals surface area (Å²) in [4.78, 5) is 11.5. The highest BCUT2D eigenvalue weighted by Gasteiger charge is 2.12. The number of hydrogen-bond acceptors (Lipinski definition) is 3. The first-order valence-corrected chi connectivity index (χ1v) is 6.65. The van der Waals surface area contributed by atoms with Gasteiger partial charge < -0.3 is 11.1 Å². The van der Waals surface area contributed by atoms with Crippen LogP contribution in [0.1, 0.15) is 29.0 Å². The molecule has 1 aromatic heterocycles. The molecule has 0 bridgehead atoms. The number of nitrogens with zero attached hydrogens (tertiary/aromatic N) is 2. The number of rotatable bonds is 3. The van der Waals surface area contributed by atoms with Crippen LogP contribution in [0.25, 0.3) is 5.69 Å². The van der Waals surface area contributed by atoms with Crippen molar-refractivity contribution in [1.29, 1.82) is 0 Å². The van der Waals surface area contributed by atoms with Gasteiger partial charge in [0.05, 0.1) is 5.69 Å². The number of carbonyl (C=O) groups is 1. The van der Waals surface area contributed by atoms with Gasteiger partial charge in [0.25, 0.3) is 5.91 Å². The van der Waals surface area contributed by atoms with E-state index in [2.05, 4.69) is 26.3 Å². The Morgan fingerprint density at radius 2 is 2.21 bits per heavy atom. The van der Waals surface area contributed by atoms with Crippen LogP contribution >= 0.6 is 15.9 Å². The van der Waals surface area contributed by atoms with Gasteiger partial charge in [0.15, 0.2) is 5.69 Å². The second-order valence-corrected chi connectivity index (χ2v) is 5.13. The number of nitrogens with two attached hydrogens (primary N) is 1. The smallest absolute Gasteiger partial charge is 0.271 e. The zero-order chi connectivity index (χ0) is 14.0. The van der Waals surface area contributed by atoms with Crippen molar-refractivity contribution in [2.75, 3.05) is 7.05 Å². The molecule has 2 aromatic rings. The van der Waals surface area contributed by atoms with E-state index >= 15 is 0 Å². The topological polar surface area (TPSA) is 72.9 Å². The van der Waals surface area contributed by atoms with Crippen LogP contribution in [0.3, 0.4) is 0 Å². The van der Waals surface area contributed by atoms with Crippen molar-refractivity contribution in [3.05, 3.63) is 46.2 Å². The predicted molar refractivity (Wildman–Crippen MR) is 77.3 cm³/mol. The van der Waals surface area contributed by atoms with Crippen molar-refractivity contribution in [1.82, 2.24) is 15.1 Å². The first-order valence-electron chi connectivity index (χ1n) is 5.86. The average Bonchev–Trinajstić information content (AvgIpc) is 2.87. The highest BCUT2D eigenvalue weighted by molar-refractivity contribution is 9.10. The van der Waals surface area contributed by atoms with E-state index in [1.807, 2.05) is 25.1 Å². The molecule has 0 aliphatic heterocycles. The molecule has 0 aliphatic rings. The first-order chi connectivity index (χ1) is 9.02. The third-order valence-electron chi connectivity index (χ3n) is 2.78. The summed E-state index contributed by atoms with van der Waals surface area (Å²) in [5.41, 5.74) is 8.18. The van der Waals surface area contributed by atoms with E-state index in [0.29, 0.717) is 5.69 Å². The minimum Gasteiger partial charge on any atom is -0.354 e. The molecule has 6 heteroatoms. The van der Waals surface area contributed by atoms with Crippen LogP contribution in [0.5, 0.6) is 0 Å². The third-order valence-corrected chi connectivity index (χ3v) is 3.27. The van der Waals surface area contributed by atoms with Crippen LogP contribution in [0.4, 0.5) is 0 Å². The lowest BCUT2D eigenvalue weighted by atomic mass is 10.1.